The van der Waals surface area contributed by atoms with Crippen LogP contribution in [0.1, 0.15) is 18.4 Å². The molecule has 2 rings (SSSR count). The fourth-order valence-corrected chi connectivity index (χ4v) is 1.69. The average Bonchev–Trinajstić information content (AvgIpc) is 3.10. The van der Waals surface area contributed by atoms with Crippen molar-refractivity contribution in [2.45, 2.75) is 25.8 Å². The van der Waals surface area contributed by atoms with E-state index in [1.54, 1.807) is 19.1 Å². The standard InChI is InChI=1S/C12H17N3O2/c1-9-2-3-11(8-12(9)15(16)17)14-7-6-13-10-4-5-10/h2-3,8,10,13-14H,4-7H2,1H3. The van der Waals surface area contributed by atoms with Gasteiger partial charge in [-0.1, -0.05) is 6.07 Å². The Morgan fingerprint density at radius 1 is 1.41 bits per heavy atom. The third-order valence-electron chi connectivity index (χ3n) is 2.87. The topological polar surface area (TPSA) is 67.2 Å². The van der Waals surface area contributed by atoms with E-state index in [1.807, 2.05) is 6.07 Å². The van der Waals surface area contributed by atoms with Gasteiger partial charge < -0.3 is 10.6 Å². The number of nitro benzene ring substituents is 1. The summed E-state index contributed by atoms with van der Waals surface area (Å²) in [4.78, 5) is 10.4. The van der Waals surface area contributed by atoms with Crippen LogP contribution in [0.15, 0.2) is 18.2 Å². The first-order chi connectivity index (χ1) is 8.16. The van der Waals surface area contributed by atoms with Gasteiger partial charge in [0.1, 0.15) is 0 Å². The molecule has 1 aromatic rings. The van der Waals surface area contributed by atoms with E-state index in [-0.39, 0.29) is 10.6 Å². The molecule has 17 heavy (non-hydrogen) atoms. The fraction of sp³-hybridized carbons (Fsp3) is 0.500. The van der Waals surface area contributed by atoms with Gasteiger partial charge in [-0.2, -0.15) is 0 Å². The van der Waals surface area contributed by atoms with E-state index in [2.05, 4.69) is 10.6 Å². The normalized spacial score (nSPS) is 14.6. The predicted molar refractivity (Wildman–Crippen MR) is 67.3 cm³/mol. The van der Waals surface area contributed by atoms with E-state index in [1.165, 1.54) is 12.8 Å². The van der Waals surface area contributed by atoms with Crippen LogP contribution in [0.4, 0.5) is 11.4 Å². The van der Waals surface area contributed by atoms with Gasteiger partial charge in [0.05, 0.1) is 4.92 Å². The SMILES string of the molecule is Cc1ccc(NCCNC2CC2)cc1[N+](=O)[O-]. The van der Waals surface area contributed by atoms with E-state index in [9.17, 15) is 10.1 Å². The molecule has 0 radical (unpaired) electrons. The minimum atomic E-state index is -0.344. The van der Waals surface area contributed by atoms with Crippen LogP contribution in [0.3, 0.4) is 0 Å². The van der Waals surface area contributed by atoms with Crippen molar-refractivity contribution in [1.29, 1.82) is 0 Å². The van der Waals surface area contributed by atoms with Crippen LogP contribution >= 0.6 is 0 Å². The maximum atomic E-state index is 10.8. The number of hydrogen-bond donors (Lipinski definition) is 2. The lowest BCUT2D eigenvalue weighted by Crippen LogP contribution is -2.23. The maximum absolute atomic E-state index is 10.8. The molecule has 0 aliphatic heterocycles. The predicted octanol–water partition coefficient (Wildman–Crippen LogP) is 2.07. The first-order valence-corrected chi connectivity index (χ1v) is 5.89. The maximum Gasteiger partial charge on any atom is 0.274 e. The van der Waals surface area contributed by atoms with E-state index < -0.39 is 0 Å². The highest BCUT2D eigenvalue weighted by Crippen LogP contribution is 2.22. The van der Waals surface area contributed by atoms with Crippen molar-refractivity contribution in [3.05, 3.63) is 33.9 Å². The van der Waals surface area contributed by atoms with Crippen LogP contribution in [0.2, 0.25) is 0 Å². The van der Waals surface area contributed by atoms with Crippen LogP contribution in [0, 0.1) is 17.0 Å². The van der Waals surface area contributed by atoms with Crippen molar-refractivity contribution in [2.75, 3.05) is 18.4 Å². The zero-order valence-corrected chi connectivity index (χ0v) is 9.90. The molecule has 1 aliphatic carbocycles. The molecule has 0 saturated heterocycles. The molecule has 1 fully saturated rings. The zero-order chi connectivity index (χ0) is 12.3. The molecule has 0 atom stereocenters. The molecule has 1 saturated carbocycles. The van der Waals surface area contributed by atoms with Gasteiger partial charge in [0, 0.05) is 36.4 Å². The van der Waals surface area contributed by atoms with E-state index >= 15 is 0 Å². The van der Waals surface area contributed by atoms with E-state index in [0.717, 1.165) is 18.8 Å². The van der Waals surface area contributed by atoms with Gasteiger partial charge in [-0.3, -0.25) is 10.1 Å². The monoisotopic (exact) mass is 235 g/mol. The molecule has 0 heterocycles. The van der Waals surface area contributed by atoms with Gasteiger partial charge in [-0.25, -0.2) is 0 Å². The summed E-state index contributed by atoms with van der Waals surface area (Å²) in [7, 11) is 0. The molecule has 2 N–H and O–H groups in total. The summed E-state index contributed by atoms with van der Waals surface area (Å²) in [6.45, 7) is 3.43. The highest BCUT2D eigenvalue weighted by Gasteiger charge is 2.19. The number of benzene rings is 1. The number of nitrogens with one attached hydrogen (secondary N) is 2. The molecule has 0 bridgehead atoms. The Bertz CT molecular complexity index is 416. The lowest BCUT2D eigenvalue weighted by Gasteiger charge is -2.07. The highest BCUT2D eigenvalue weighted by molar-refractivity contribution is 5.54. The summed E-state index contributed by atoms with van der Waals surface area (Å²) in [5, 5.41) is 17.3. The summed E-state index contributed by atoms with van der Waals surface area (Å²) in [5.74, 6) is 0. The van der Waals surface area contributed by atoms with Gasteiger partial charge in [0.15, 0.2) is 0 Å². The molecule has 0 aromatic heterocycles. The molecule has 0 spiro atoms. The second-order valence-electron chi connectivity index (χ2n) is 4.41. The summed E-state index contributed by atoms with van der Waals surface area (Å²) in [5.41, 5.74) is 1.67. The lowest BCUT2D eigenvalue weighted by molar-refractivity contribution is -0.385. The average molecular weight is 235 g/mol. The third-order valence-corrected chi connectivity index (χ3v) is 2.87. The third kappa shape index (κ3) is 3.42. The Morgan fingerprint density at radius 2 is 2.18 bits per heavy atom. The number of nitro groups is 1. The molecular formula is C12H17N3O2. The zero-order valence-electron chi connectivity index (χ0n) is 9.90. The second kappa shape index (κ2) is 5.14. The van der Waals surface area contributed by atoms with E-state index in [0.29, 0.717) is 11.6 Å². The molecule has 0 amide bonds. The van der Waals surface area contributed by atoms with Crippen molar-refractivity contribution in [2.24, 2.45) is 0 Å². The fourth-order valence-electron chi connectivity index (χ4n) is 1.69. The van der Waals surface area contributed by atoms with E-state index in [4.69, 9.17) is 0 Å². The lowest BCUT2D eigenvalue weighted by atomic mass is 10.2. The summed E-state index contributed by atoms with van der Waals surface area (Å²) >= 11 is 0. The Hall–Kier alpha value is -1.62. The number of nitrogens with zero attached hydrogens (tertiary/aromatic N) is 1. The smallest absolute Gasteiger partial charge is 0.274 e. The van der Waals surface area contributed by atoms with Gasteiger partial charge in [0.2, 0.25) is 0 Å². The van der Waals surface area contributed by atoms with Crippen molar-refractivity contribution in [3.63, 3.8) is 0 Å². The highest BCUT2D eigenvalue weighted by atomic mass is 16.6. The van der Waals surface area contributed by atoms with Crippen molar-refractivity contribution >= 4 is 11.4 Å². The van der Waals surface area contributed by atoms with Gasteiger partial charge in [-0.15, -0.1) is 0 Å². The van der Waals surface area contributed by atoms with Crippen LogP contribution in [0.5, 0.6) is 0 Å². The summed E-state index contributed by atoms with van der Waals surface area (Å²) < 4.78 is 0. The Balaban J connectivity index is 1.86. The molecule has 0 unspecified atom stereocenters. The summed E-state index contributed by atoms with van der Waals surface area (Å²) in [6, 6.07) is 5.94. The van der Waals surface area contributed by atoms with Gasteiger partial charge in [0.25, 0.3) is 5.69 Å². The molecule has 5 nitrogen and oxygen atoms in total. The number of rotatable bonds is 6. The first-order valence-electron chi connectivity index (χ1n) is 5.89. The minimum Gasteiger partial charge on any atom is -0.384 e. The largest absolute Gasteiger partial charge is 0.384 e. The number of anilines is 1. The Morgan fingerprint density at radius 3 is 2.82 bits per heavy atom. The first kappa shape index (κ1) is 11.9. The second-order valence-corrected chi connectivity index (χ2v) is 4.41. The van der Waals surface area contributed by atoms with Crippen LogP contribution < -0.4 is 10.6 Å². The van der Waals surface area contributed by atoms with Crippen molar-refractivity contribution in [3.8, 4) is 0 Å². The summed E-state index contributed by atoms with van der Waals surface area (Å²) in [6.07, 6.45) is 2.55. The quantitative estimate of drug-likeness (QED) is 0.450. The van der Waals surface area contributed by atoms with Crippen LogP contribution in [-0.2, 0) is 0 Å². The van der Waals surface area contributed by atoms with Crippen LogP contribution in [0.25, 0.3) is 0 Å². The van der Waals surface area contributed by atoms with Gasteiger partial charge in [-0.05, 0) is 25.8 Å². The number of hydrogen-bond acceptors (Lipinski definition) is 4. The molecule has 1 aromatic carbocycles. The van der Waals surface area contributed by atoms with Gasteiger partial charge >= 0.3 is 0 Å². The molecule has 1 aliphatic rings. The molecule has 92 valence electrons. The Labute approximate surface area is 100 Å². The van der Waals surface area contributed by atoms with Crippen LogP contribution in [-0.4, -0.2) is 24.1 Å². The molecule has 5 heteroatoms. The molecular weight excluding hydrogens is 218 g/mol. The van der Waals surface area contributed by atoms with Crippen molar-refractivity contribution in [1.82, 2.24) is 5.32 Å². The number of aryl methyl sites for hydroxylation is 1. The minimum absolute atomic E-state index is 0.171. The van der Waals surface area contributed by atoms with Crippen molar-refractivity contribution < 1.29 is 4.92 Å². The Kier molecular flexibility index (Phi) is 3.58.